The maximum atomic E-state index is 13.7. The van der Waals surface area contributed by atoms with Crippen molar-refractivity contribution in [1.29, 1.82) is 0 Å². The van der Waals surface area contributed by atoms with E-state index < -0.39 is 17.8 Å². The highest BCUT2D eigenvalue weighted by Crippen LogP contribution is 2.39. The Hall–Kier alpha value is -2.98. The van der Waals surface area contributed by atoms with Crippen LogP contribution in [0.15, 0.2) is 27.9 Å². The molecule has 8 nitrogen and oxygen atoms in total. The van der Waals surface area contributed by atoms with Gasteiger partial charge in [-0.1, -0.05) is 55.8 Å². The zero-order valence-corrected chi connectivity index (χ0v) is 19.4. The van der Waals surface area contributed by atoms with Crippen molar-refractivity contribution < 1.29 is 27.6 Å². The van der Waals surface area contributed by atoms with Gasteiger partial charge in [0.1, 0.15) is 11.8 Å². The van der Waals surface area contributed by atoms with Gasteiger partial charge in [0.05, 0.1) is 12.2 Å². The van der Waals surface area contributed by atoms with E-state index in [0.717, 1.165) is 31.7 Å². The van der Waals surface area contributed by atoms with Crippen molar-refractivity contribution in [3.05, 3.63) is 29.7 Å². The summed E-state index contributed by atoms with van der Waals surface area (Å²) in [5.74, 6) is -0.0543. The van der Waals surface area contributed by atoms with E-state index in [9.17, 15) is 13.2 Å². The average Bonchev–Trinajstić information content (AvgIpc) is 3.49. The third-order valence-electron chi connectivity index (χ3n) is 5.92. The zero-order chi connectivity index (χ0) is 24.6. The van der Waals surface area contributed by atoms with Gasteiger partial charge in [-0.2, -0.15) is 18.2 Å². The molecule has 1 aliphatic heterocycles. The molecular formula is C23H32F3N5O3. The van der Waals surface area contributed by atoms with Gasteiger partial charge in [0, 0.05) is 12.1 Å². The van der Waals surface area contributed by atoms with Crippen molar-refractivity contribution in [2.75, 3.05) is 13.2 Å². The molecule has 1 saturated heterocycles. The van der Waals surface area contributed by atoms with Gasteiger partial charge in [0.2, 0.25) is 17.7 Å². The zero-order valence-electron chi connectivity index (χ0n) is 19.4. The number of hydrogen-bond donors (Lipinski definition) is 2. The lowest BCUT2D eigenvalue weighted by Crippen LogP contribution is -2.36. The molecule has 1 aliphatic rings. The fraction of sp³-hybridized carbons (Fsp3) is 0.609. The largest absolute Gasteiger partial charge is 0.493 e. The average molecular weight is 484 g/mol. The molecule has 34 heavy (non-hydrogen) atoms. The number of halogens is 3. The van der Waals surface area contributed by atoms with E-state index in [0.29, 0.717) is 19.4 Å². The van der Waals surface area contributed by atoms with Crippen LogP contribution in [-0.4, -0.2) is 39.4 Å². The van der Waals surface area contributed by atoms with Crippen molar-refractivity contribution in [2.24, 2.45) is 10.9 Å². The van der Waals surface area contributed by atoms with Gasteiger partial charge in [-0.15, -0.1) is 0 Å². The molecule has 1 atom stereocenters. The van der Waals surface area contributed by atoms with E-state index in [4.69, 9.17) is 20.2 Å². The number of alkyl halides is 3. The van der Waals surface area contributed by atoms with Crippen molar-refractivity contribution >= 4 is 5.96 Å². The Morgan fingerprint density at radius 3 is 2.68 bits per heavy atom. The predicted molar refractivity (Wildman–Crippen MR) is 120 cm³/mol. The van der Waals surface area contributed by atoms with Gasteiger partial charge in [-0.05, 0) is 37.5 Å². The highest BCUT2D eigenvalue weighted by molar-refractivity contribution is 5.78. The number of rotatable bonds is 11. The van der Waals surface area contributed by atoms with E-state index in [1.54, 1.807) is 4.90 Å². The van der Waals surface area contributed by atoms with E-state index in [2.05, 4.69) is 22.2 Å². The molecule has 11 heteroatoms. The van der Waals surface area contributed by atoms with Crippen molar-refractivity contribution in [3.63, 3.8) is 0 Å². The maximum Gasteiger partial charge on any atom is 0.419 e. The Morgan fingerprint density at radius 1 is 1.24 bits per heavy atom. The second kappa shape index (κ2) is 11.9. The molecule has 3 N–H and O–H groups in total. The SMILES string of the molecule is CCCCCCCCCOc1ccc(-c2noc([C@@H]3CCCN3/C(N)=N/O)n2)cc1C(F)(F)F. The lowest BCUT2D eigenvalue weighted by atomic mass is 10.1. The number of likely N-dealkylation sites (tertiary alicyclic amines) is 1. The fourth-order valence-electron chi connectivity index (χ4n) is 4.10. The number of aromatic nitrogens is 2. The van der Waals surface area contributed by atoms with Gasteiger partial charge in [0.15, 0.2) is 0 Å². The Morgan fingerprint density at radius 2 is 1.97 bits per heavy atom. The first kappa shape index (κ1) is 25.6. The Kier molecular flexibility index (Phi) is 9.00. The molecule has 188 valence electrons. The molecule has 0 unspecified atom stereocenters. The lowest BCUT2D eigenvalue weighted by molar-refractivity contribution is -0.138. The summed E-state index contributed by atoms with van der Waals surface area (Å²) in [5.41, 5.74) is 4.98. The summed E-state index contributed by atoms with van der Waals surface area (Å²) in [6.45, 7) is 2.93. The second-order valence-electron chi connectivity index (χ2n) is 8.44. The number of benzene rings is 1. The number of ether oxygens (including phenoxy) is 1. The van der Waals surface area contributed by atoms with E-state index in [-0.39, 0.29) is 35.6 Å². The van der Waals surface area contributed by atoms with Crippen LogP contribution in [0.2, 0.25) is 0 Å². The third-order valence-corrected chi connectivity index (χ3v) is 5.92. The van der Waals surface area contributed by atoms with Crippen LogP contribution < -0.4 is 10.5 Å². The summed E-state index contributed by atoms with van der Waals surface area (Å²) in [4.78, 5) is 5.89. The van der Waals surface area contributed by atoms with E-state index in [1.165, 1.54) is 31.4 Å². The van der Waals surface area contributed by atoms with Crippen LogP contribution in [0.5, 0.6) is 5.75 Å². The van der Waals surface area contributed by atoms with Gasteiger partial charge < -0.3 is 25.1 Å². The topological polar surface area (TPSA) is 110 Å². The first-order chi connectivity index (χ1) is 16.3. The number of hydrogen-bond acceptors (Lipinski definition) is 6. The standard InChI is InChI=1S/C23H32F3N5O3/c1-2-3-4-5-6-7-8-14-33-19-12-11-16(15-17(19)23(24,25)26)20-28-21(34-30-20)18-10-9-13-31(18)22(27)29-32/h11-12,15,18,32H,2-10,13-14H2,1H3,(H2,27,29)/t18-/m0/s1. The Balaban J connectivity index is 1.67. The molecule has 0 aliphatic carbocycles. The maximum absolute atomic E-state index is 13.7. The molecule has 0 bridgehead atoms. The number of nitrogens with zero attached hydrogens (tertiary/aromatic N) is 4. The molecule has 2 aromatic rings. The highest BCUT2D eigenvalue weighted by Gasteiger charge is 2.36. The minimum atomic E-state index is -4.59. The molecule has 0 radical (unpaired) electrons. The van der Waals surface area contributed by atoms with Gasteiger partial charge >= 0.3 is 6.18 Å². The minimum Gasteiger partial charge on any atom is -0.493 e. The van der Waals surface area contributed by atoms with Crippen LogP contribution in [0.3, 0.4) is 0 Å². The van der Waals surface area contributed by atoms with Gasteiger partial charge in [-0.3, -0.25) is 0 Å². The molecule has 1 fully saturated rings. The Labute approximate surface area is 196 Å². The van der Waals surface area contributed by atoms with Gasteiger partial charge in [0.25, 0.3) is 0 Å². The van der Waals surface area contributed by atoms with Crippen LogP contribution in [-0.2, 0) is 6.18 Å². The molecule has 0 amide bonds. The van der Waals surface area contributed by atoms with Crippen LogP contribution in [0.4, 0.5) is 13.2 Å². The molecule has 0 spiro atoms. The molecule has 1 aromatic carbocycles. The Bertz CT molecular complexity index is 948. The lowest BCUT2D eigenvalue weighted by Gasteiger charge is -2.21. The fourth-order valence-corrected chi connectivity index (χ4v) is 4.10. The number of guanidine groups is 1. The smallest absolute Gasteiger partial charge is 0.419 e. The quantitative estimate of drug-likeness (QED) is 0.138. The van der Waals surface area contributed by atoms with Crippen molar-refractivity contribution in [2.45, 2.75) is 76.9 Å². The van der Waals surface area contributed by atoms with Crippen LogP contribution >= 0.6 is 0 Å². The van der Waals surface area contributed by atoms with Crippen LogP contribution in [0.25, 0.3) is 11.4 Å². The summed E-state index contributed by atoms with van der Waals surface area (Å²) in [5, 5.41) is 15.8. The van der Waals surface area contributed by atoms with Crippen molar-refractivity contribution in [3.8, 4) is 17.1 Å². The summed E-state index contributed by atoms with van der Waals surface area (Å²) in [6, 6.07) is 3.36. The summed E-state index contributed by atoms with van der Waals surface area (Å²) in [7, 11) is 0. The van der Waals surface area contributed by atoms with Crippen molar-refractivity contribution in [1.82, 2.24) is 15.0 Å². The molecule has 1 aromatic heterocycles. The molecular weight excluding hydrogens is 451 g/mol. The number of unbranched alkanes of at least 4 members (excludes halogenated alkanes) is 6. The monoisotopic (exact) mass is 483 g/mol. The first-order valence-electron chi connectivity index (χ1n) is 11.8. The minimum absolute atomic E-state index is 0.0329. The van der Waals surface area contributed by atoms with E-state index in [1.807, 2.05) is 0 Å². The molecule has 2 heterocycles. The van der Waals surface area contributed by atoms with E-state index >= 15 is 0 Å². The normalized spacial score (nSPS) is 16.9. The summed E-state index contributed by atoms with van der Waals surface area (Å²) >= 11 is 0. The number of nitrogens with two attached hydrogens (primary N) is 1. The third kappa shape index (κ3) is 6.54. The summed E-state index contributed by atoms with van der Waals surface area (Å²) in [6.07, 6.45) is 4.22. The summed E-state index contributed by atoms with van der Waals surface area (Å²) < 4.78 is 51.9. The van der Waals surface area contributed by atoms with Gasteiger partial charge in [-0.25, -0.2) is 0 Å². The predicted octanol–water partition coefficient (Wildman–Crippen LogP) is 5.73. The molecule has 3 rings (SSSR count). The number of oxime groups is 1. The second-order valence-corrected chi connectivity index (χ2v) is 8.44. The van der Waals surface area contributed by atoms with Crippen LogP contribution in [0, 0.1) is 0 Å². The van der Waals surface area contributed by atoms with Crippen LogP contribution in [0.1, 0.15) is 82.2 Å². The molecule has 0 saturated carbocycles. The highest BCUT2D eigenvalue weighted by atomic mass is 19.4. The first-order valence-corrected chi connectivity index (χ1v) is 11.8.